The van der Waals surface area contributed by atoms with Crippen LogP contribution in [0.1, 0.15) is 71.4 Å². The summed E-state index contributed by atoms with van der Waals surface area (Å²) in [7, 11) is 0. The van der Waals surface area contributed by atoms with E-state index in [0.29, 0.717) is 46.8 Å². The van der Waals surface area contributed by atoms with Gasteiger partial charge in [-0.1, -0.05) is 25.1 Å². The fourth-order valence-electron chi connectivity index (χ4n) is 3.97. The smallest absolute Gasteiger partial charge is 0.259 e. The Hall–Kier alpha value is -2.51. The van der Waals surface area contributed by atoms with Crippen molar-refractivity contribution in [1.29, 1.82) is 0 Å². The summed E-state index contributed by atoms with van der Waals surface area (Å²) >= 11 is 0. The third-order valence-electron chi connectivity index (χ3n) is 5.74. The second kappa shape index (κ2) is 7.96. The Morgan fingerprint density at radius 1 is 1.33 bits per heavy atom. The molecule has 1 saturated carbocycles. The van der Waals surface area contributed by atoms with Gasteiger partial charge in [0.25, 0.3) is 11.6 Å². The summed E-state index contributed by atoms with van der Waals surface area (Å²) in [4.78, 5) is 17.8. The molecule has 2 aromatic heterocycles. The van der Waals surface area contributed by atoms with E-state index in [9.17, 15) is 4.79 Å². The van der Waals surface area contributed by atoms with E-state index in [1.165, 1.54) is 0 Å². The van der Waals surface area contributed by atoms with Gasteiger partial charge in [0.2, 0.25) is 0 Å². The van der Waals surface area contributed by atoms with Crippen molar-refractivity contribution in [2.24, 2.45) is 0 Å². The van der Waals surface area contributed by atoms with Gasteiger partial charge in [0.05, 0.1) is 22.3 Å². The van der Waals surface area contributed by atoms with Crippen LogP contribution in [0.4, 0.5) is 10.1 Å². The fraction of sp³-hybridized carbons (Fsp3) is 0.409. The first-order valence-corrected chi connectivity index (χ1v) is 10.2. The average Bonchev–Trinajstić information content (AvgIpc) is 3.48. The number of carbonyl (C=O) groups excluding carboxylic acids is 1. The maximum atomic E-state index is 15.0. The van der Waals surface area contributed by atoms with E-state index in [4.69, 9.17) is 4.52 Å². The quantitative estimate of drug-likeness (QED) is 0.628. The first-order valence-electron chi connectivity index (χ1n) is 10.2. The maximum Gasteiger partial charge on any atom is 0.259 e. The Labute approximate surface area is 180 Å². The average molecular weight is 431 g/mol. The SMILES string of the molecule is CC(C)c1noc2nc(C3CC3)cc(C(=O)Nc3ccc4c(c3F)CCNC4)c12.Cl. The van der Waals surface area contributed by atoms with Crippen molar-refractivity contribution >= 4 is 35.1 Å². The van der Waals surface area contributed by atoms with Crippen LogP contribution >= 0.6 is 12.4 Å². The van der Waals surface area contributed by atoms with Gasteiger partial charge in [-0.15, -0.1) is 12.4 Å². The highest BCUT2D eigenvalue weighted by Crippen LogP contribution is 2.41. The Morgan fingerprint density at radius 3 is 2.87 bits per heavy atom. The van der Waals surface area contributed by atoms with Crippen LogP contribution in [0, 0.1) is 5.82 Å². The Morgan fingerprint density at radius 2 is 2.13 bits per heavy atom. The molecule has 2 N–H and O–H groups in total. The Kier molecular flexibility index (Phi) is 5.51. The van der Waals surface area contributed by atoms with Gasteiger partial charge in [0.15, 0.2) is 0 Å². The molecular weight excluding hydrogens is 407 g/mol. The van der Waals surface area contributed by atoms with Crippen LogP contribution in [0.2, 0.25) is 0 Å². The molecule has 1 fully saturated rings. The van der Waals surface area contributed by atoms with Crippen molar-refractivity contribution in [1.82, 2.24) is 15.5 Å². The zero-order chi connectivity index (χ0) is 20.1. The number of hydrogen-bond acceptors (Lipinski definition) is 5. The third kappa shape index (κ3) is 3.56. The number of amides is 1. The first kappa shape index (κ1) is 20.8. The van der Waals surface area contributed by atoms with Gasteiger partial charge in [0, 0.05) is 18.2 Å². The number of halogens is 2. The second-order valence-corrected chi connectivity index (χ2v) is 8.22. The lowest BCUT2D eigenvalue weighted by Gasteiger charge is -2.19. The minimum Gasteiger partial charge on any atom is -0.335 e. The van der Waals surface area contributed by atoms with Crippen molar-refractivity contribution in [2.45, 2.75) is 51.5 Å². The molecule has 1 aliphatic carbocycles. The number of rotatable bonds is 4. The molecular formula is C22H24ClFN4O2. The van der Waals surface area contributed by atoms with E-state index in [0.717, 1.165) is 30.6 Å². The van der Waals surface area contributed by atoms with Crippen molar-refractivity contribution < 1.29 is 13.7 Å². The second-order valence-electron chi connectivity index (χ2n) is 8.22. The summed E-state index contributed by atoms with van der Waals surface area (Å²) in [5.74, 6) is -0.285. The van der Waals surface area contributed by atoms with Crippen LogP contribution in [-0.2, 0) is 13.0 Å². The Balaban J connectivity index is 0.00000218. The number of nitrogens with one attached hydrogen (secondary N) is 2. The van der Waals surface area contributed by atoms with Crippen molar-refractivity contribution in [3.8, 4) is 0 Å². The van der Waals surface area contributed by atoms with Crippen LogP contribution in [0.25, 0.3) is 11.1 Å². The van der Waals surface area contributed by atoms with Gasteiger partial charge in [-0.05, 0) is 55.0 Å². The highest BCUT2D eigenvalue weighted by molar-refractivity contribution is 6.12. The number of anilines is 1. The largest absolute Gasteiger partial charge is 0.335 e. The standard InChI is InChI=1S/C22H23FN4O2.ClH/c1-11(2)20-18-15(9-17(12-3-4-12)26-22(18)29-27-20)21(28)25-16-6-5-13-10-24-8-7-14(13)19(16)23;/h5-6,9,11-12,24H,3-4,7-8,10H2,1-2H3,(H,25,28);1H. The van der Waals surface area contributed by atoms with Gasteiger partial charge in [-0.3, -0.25) is 4.79 Å². The molecule has 1 aromatic carbocycles. The van der Waals surface area contributed by atoms with E-state index in [1.807, 2.05) is 26.0 Å². The van der Waals surface area contributed by atoms with Crippen LogP contribution in [-0.4, -0.2) is 22.6 Å². The summed E-state index contributed by atoms with van der Waals surface area (Å²) in [5.41, 5.74) is 4.17. The van der Waals surface area contributed by atoms with E-state index in [1.54, 1.807) is 6.07 Å². The predicted octanol–water partition coefficient (Wildman–Crippen LogP) is 4.68. The van der Waals surface area contributed by atoms with Gasteiger partial charge < -0.3 is 15.2 Å². The molecule has 0 radical (unpaired) electrons. The third-order valence-corrected chi connectivity index (χ3v) is 5.74. The van der Waals surface area contributed by atoms with Crippen LogP contribution in [0.5, 0.6) is 0 Å². The zero-order valence-corrected chi connectivity index (χ0v) is 17.7. The highest BCUT2D eigenvalue weighted by atomic mass is 35.5. The van der Waals surface area contributed by atoms with Crippen molar-refractivity contribution in [3.63, 3.8) is 0 Å². The minimum atomic E-state index is -0.364. The molecule has 158 valence electrons. The normalized spacial score (nSPS) is 15.7. The summed E-state index contributed by atoms with van der Waals surface area (Å²) in [5, 5.41) is 10.8. The van der Waals surface area contributed by atoms with Gasteiger partial charge in [-0.2, -0.15) is 0 Å². The molecule has 0 bridgehead atoms. The van der Waals surface area contributed by atoms with Gasteiger partial charge in [-0.25, -0.2) is 9.37 Å². The molecule has 6 nitrogen and oxygen atoms in total. The maximum absolute atomic E-state index is 15.0. The molecule has 0 unspecified atom stereocenters. The zero-order valence-electron chi connectivity index (χ0n) is 16.9. The molecule has 3 aromatic rings. The van der Waals surface area contributed by atoms with E-state index >= 15 is 4.39 Å². The molecule has 0 atom stereocenters. The molecule has 0 spiro atoms. The van der Waals surface area contributed by atoms with Crippen molar-refractivity contribution in [3.05, 3.63) is 52.1 Å². The lowest BCUT2D eigenvalue weighted by atomic mass is 9.99. The molecule has 30 heavy (non-hydrogen) atoms. The lowest BCUT2D eigenvalue weighted by molar-refractivity contribution is 0.102. The highest BCUT2D eigenvalue weighted by Gasteiger charge is 2.30. The Bertz CT molecular complexity index is 1120. The summed E-state index contributed by atoms with van der Waals surface area (Å²) in [6.45, 7) is 5.36. The van der Waals surface area contributed by atoms with Crippen LogP contribution in [0.3, 0.4) is 0 Å². The number of benzene rings is 1. The topological polar surface area (TPSA) is 80.0 Å². The number of fused-ring (bicyclic) bond motifs is 2. The van der Waals surface area contributed by atoms with Crippen LogP contribution < -0.4 is 10.6 Å². The fourth-order valence-corrected chi connectivity index (χ4v) is 3.97. The molecule has 5 rings (SSSR count). The number of carbonyl (C=O) groups is 1. The number of nitrogens with zero attached hydrogens (tertiary/aromatic N) is 2. The summed E-state index contributed by atoms with van der Waals surface area (Å²) < 4.78 is 20.5. The number of aromatic nitrogens is 2. The van der Waals surface area contributed by atoms with Gasteiger partial charge >= 0.3 is 0 Å². The van der Waals surface area contributed by atoms with Crippen molar-refractivity contribution in [2.75, 3.05) is 11.9 Å². The first-order chi connectivity index (χ1) is 14.0. The summed E-state index contributed by atoms with van der Waals surface area (Å²) in [6, 6.07) is 5.33. The molecule has 2 aliphatic rings. The number of pyridine rings is 1. The van der Waals surface area contributed by atoms with Gasteiger partial charge in [0.1, 0.15) is 5.82 Å². The number of hydrogen-bond donors (Lipinski definition) is 2. The van der Waals surface area contributed by atoms with E-state index in [2.05, 4.69) is 20.8 Å². The van der Waals surface area contributed by atoms with E-state index in [-0.39, 0.29) is 35.7 Å². The molecule has 1 aliphatic heterocycles. The molecule has 3 heterocycles. The summed E-state index contributed by atoms with van der Waals surface area (Å²) in [6.07, 6.45) is 2.72. The predicted molar refractivity (Wildman–Crippen MR) is 115 cm³/mol. The molecule has 0 saturated heterocycles. The molecule has 1 amide bonds. The monoisotopic (exact) mass is 430 g/mol. The lowest BCUT2D eigenvalue weighted by Crippen LogP contribution is -2.25. The van der Waals surface area contributed by atoms with Crippen LogP contribution in [0.15, 0.2) is 22.7 Å². The van der Waals surface area contributed by atoms with E-state index < -0.39 is 0 Å². The minimum absolute atomic E-state index is 0. The molecule has 8 heteroatoms.